The Hall–Kier alpha value is -2.21. The minimum atomic E-state index is -0.122. The number of nitrogens with zero attached hydrogens (tertiary/aromatic N) is 2. The molecule has 1 aromatic carbocycles. The largest absolute Gasteiger partial charge is 0.512 e. The molecule has 0 spiro atoms. The standard InChI is InChI=1S/C26H31Cl2N3O2/c1-15(32)20-13-29-24-9-8-23(18-11-21(27)26(33)22(28)12-18)30-25(24)19(20)10-16-4-6-17(7-5-16)14-31(2)3/h8-9,11-13,16-17,30,32-33H,4-7,10,14H2,1-3H3/b20-15+. The molecule has 1 aromatic heterocycles. The van der Waals surface area contributed by atoms with E-state index in [9.17, 15) is 10.2 Å². The number of aromatic nitrogens is 1. The quantitative estimate of drug-likeness (QED) is 0.557. The third kappa shape index (κ3) is 5.32. The molecule has 0 bridgehead atoms. The van der Waals surface area contributed by atoms with E-state index in [-0.39, 0.29) is 21.6 Å². The van der Waals surface area contributed by atoms with Crippen LogP contribution in [0.2, 0.25) is 10.0 Å². The SMILES string of the molecule is C/C(O)=c1/cnc2c(c1CC1CCC(CN(C)C)CC1)NC(c1cc(Cl)c(O)c(Cl)c1)=CC=2. The lowest BCUT2D eigenvalue weighted by atomic mass is 9.78. The summed E-state index contributed by atoms with van der Waals surface area (Å²) in [7, 11) is 4.28. The summed E-state index contributed by atoms with van der Waals surface area (Å²) in [4.78, 5) is 6.85. The highest BCUT2D eigenvalue weighted by Gasteiger charge is 2.24. The molecule has 1 aliphatic carbocycles. The number of aliphatic hydroxyl groups is 1. The van der Waals surface area contributed by atoms with Gasteiger partial charge in [0.05, 0.1) is 26.8 Å². The number of nitrogens with one attached hydrogen (secondary N) is 1. The monoisotopic (exact) mass is 487 g/mol. The van der Waals surface area contributed by atoms with E-state index >= 15 is 0 Å². The molecule has 2 aliphatic rings. The number of halogens is 2. The number of allylic oxidation sites excluding steroid dienone is 1. The minimum Gasteiger partial charge on any atom is -0.512 e. The highest BCUT2D eigenvalue weighted by atomic mass is 35.5. The first-order chi connectivity index (χ1) is 15.7. The van der Waals surface area contributed by atoms with Crippen molar-refractivity contribution in [1.29, 1.82) is 0 Å². The van der Waals surface area contributed by atoms with E-state index in [0.717, 1.165) is 52.0 Å². The maximum Gasteiger partial charge on any atom is 0.152 e. The van der Waals surface area contributed by atoms with Crippen LogP contribution < -0.4 is 15.9 Å². The molecular weight excluding hydrogens is 457 g/mol. The Morgan fingerprint density at radius 2 is 1.73 bits per heavy atom. The molecule has 3 N–H and O–H groups in total. The second-order valence-corrected chi connectivity index (χ2v) is 10.3. The second kappa shape index (κ2) is 9.96. The third-order valence-corrected chi connectivity index (χ3v) is 7.26. The first-order valence-corrected chi connectivity index (χ1v) is 12.2. The number of aromatic hydroxyl groups is 1. The van der Waals surface area contributed by atoms with Crippen LogP contribution in [-0.4, -0.2) is 40.7 Å². The van der Waals surface area contributed by atoms with Crippen molar-refractivity contribution < 1.29 is 10.2 Å². The van der Waals surface area contributed by atoms with Crippen molar-refractivity contribution in [2.75, 3.05) is 26.0 Å². The highest BCUT2D eigenvalue weighted by Crippen LogP contribution is 2.36. The van der Waals surface area contributed by atoms with Crippen molar-refractivity contribution in [3.63, 3.8) is 0 Å². The van der Waals surface area contributed by atoms with Gasteiger partial charge in [-0.3, -0.25) is 4.98 Å². The van der Waals surface area contributed by atoms with E-state index in [1.54, 1.807) is 25.3 Å². The number of anilines is 1. The Labute approximate surface area is 205 Å². The smallest absolute Gasteiger partial charge is 0.152 e. The van der Waals surface area contributed by atoms with Crippen molar-refractivity contribution in [1.82, 2.24) is 9.88 Å². The number of phenols is 1. The Morgan fingerprint density at radius 1 is 1.09 bits per heavy atom. The molecule has 5 nitrogen and oxygen atoms in total. The Morgan fingerprint density at radius 3 is 2.33 bits per heavy atom. The summed E-state index contributed by atoms with van der Waals surface area (Å²) in [5.41, 5.74) is 3.59. The first-order valence-electron chi connectivity index (χ1n) is 11.4. The van der Waals surface area contributed by atoms with Crippen LogP contribution in [-0.2, 0) is 6.42 Å². The van der Waals surface area contributed by atoms with Gasteiger partial charge in [-0.2, -0.15) is 0 Å². The summed E-state index contributed by atoms with van der Waals surface area (Å²) in [6.07, 6.45) is 11.4. The van der Waals surface area contributed by atoms with Gasteiger partial charge in [-0.25, -0.2) is 0 Å². The Kier molecular flexibility index (Phi) is 7.22. The molecule has 1 fully saturated rings. The zero-order chi connectivity index (χ0) is 23.7. The van der Waals surface area contributed by atoms with E-state index in [1.807, 2.05) is 12.2 Å². The third-order valence-electron chi connectivity index (χ3n) is 6.68. The molecule has 0 amide bonds. The number of phenolic OH excluding ortho intramolecular Hbond substituents is 1. The summed E-state index contributed by atoms with van der Waals surface area (Å²) in [5, 5.41) is 25.9. The van der Waals surface area contributed by atoms with Crippen molar-refractivity contribution >= 4 is 46.4 Å². The highest BCUT2D eigenvalue weighted by molar-refractivity contribution is 6.37. The number of benzene rings is 1. The average Bonchev–Trinajstić information content (AvgIpc) is 2.77. The molecule has 0 radical (unpaired) electrons. The minimum absolute atomic E-state index is 0.122. The number of pyridine rings is 1. The van der Waals surface area contributed by atoms with Gasteiger partial charge in [0.15, 0.2) is 5.75 Å². The predicted octanol–water partition coefficient (Wildman–Crippen LogP) is 4.94. The summed E-state index contributed by atoms with van der Waals surface area (Å²) in [6.45, 7) is 2.86. The van der Waals surface area contributed by atoms with Gasteiger partial charge in [-0.15, -0.1) is 0 Å². The first kappa shape index (κ1) is 23.9. The zero-order valence-corrected chi connectivity index (χ0v) is 20.8. The van der Waals surface area contributed by atoms with Crippen molar-refractivity contribution in [2.24, 2.45) is 11.8 Å². The number of rotatable bonds is 5. The lowest BCUT2D eigenvalue weighted by Gasteiger charge is -2.31. The van der Waals surface area contributed by atoms with Gasteiger partial charge in [0.1, 0.15) is 0 Å². The van der Waals surface area contributed by atoms with E-state index in [1.165, 1.54) is 25.7 Å². The topological polar surface area (TPSA) is 68.6 Å². The van der Waals surface area contributed by atoms with Crippen LogP contribution in [0, 0.1) is 11.8 Å². The lowest BCUT2D eigenvalue weighted by molar-refractivity contribution is 0.222. The molecule has 33 heavy (non-hydrogen) atoms. The average molecular weight is 488 g/mol. The number of aliphatic hydroxyl groups excluding tert-OH is 1. The summed E-state index contributed by atoms with van der Waals surface area (Å²) in [6, 6.07) is 3.37. The van der Waals surface area contributed by atoms with Gasteiger partial charge < -0.3 is 20.4 Å². The molecule has 2 heterocycles. The van der Waals surface area contributed by atoms with E-state index in [0.29, 0.717) is 5.92 Å². The number of hydrogen-bond donors (Lipinski definition) is 3. The van der Waals surface area contributed by atoms with Crippen molar-refractivity contribution in [3.8, 4) is 5.75 Å². The van der Waals surface area contributed by atoms with Gasteiger partial charge in [-0.1, -0.05) is 23.2 Å². The van der Waals surface area contributed by atoms with Gasteiger partial charge in [0.2, 0.25) is 0 Å². The fraction of sp³-hybridized carbons (Fsp3) is 0.423. The molecule has 0 saturated heterocycles. The zero-order valence-electron chi connectivity index (χ0n) is 19.3. The fourth-order valence-corrected chi connectivity index (χ4v) is 5.49. The molecular formula is C26H31Cl2N3O2. The maximum absolute atomic E-state index is 10.4. The Bertz CT molecular complexity index is 1170. The van der Waals surface area contributed by atoms with Crippen LogP contribution >= 0.6 is 23.2 Å². The molecule has 0 atom stereocenters. The molecule has 1 aliphatic heterocycles. The fourth-order valence-electron chi connectivity index (χ4n) is 5.01. The van der Waals surface area contributed by atoms with Crippen LogP contribution in [0.1, 0.15) is 43.7 Å². The van der Waals surface area contributed by atoms with E-state index in [4.69, 9.17) is 23.2 Å². The van der Waals surface area contributed by atoms with Crippen LogP contribution in [0.15, 0.2) is 24.4 Å². The number of hydrogen-bond acceptors (Lipinski definition) is 5. The van der Waals surface area contributed by atoms with E-state index < -0.39 is 0 Å². The molecule has 0 unspecified atom stereocenters. The van der Waals surface area contributed by atoms with Gasteiger partial charge >= 0.3 is 0 Å². The molecule has 4 rings (SSSR count). The van der Waals surface area contributed by atoms with Gasteiger partial charge in [0, 0.05) is 29.2 Å². The molecule has 7 heteroatoms. The summed E-state index contributed by atoms with van der Waals surface area (Å²) < 4.78 is 0. The lowest BCUT2D eigenvalue weighted by Crippen LogP contribution is -2.30. The van der Waals surface area contributed by atoms with Crippen LogP contribution in [0.5, 0.6) is 5.75 Å². The predicted molar refractivity (Wildman–Crippen MR) is 137 cm³/mol. The maximum atomic E-state index is 10.4. The van der Waals surface area contributed by atoms with Crippen LogP contribution in [0.25, 0.3) is 17.5 Å². The van der Waals surface area contributed by atoms with E-state index in [2.05, 4.69) is 29.3 Å². The second-order valence-electron chi connectivity index (χ2n) is 9.51. The Balaban J connectivity index is 1.64. The molecule has 1 saturated carbocycles. The van der Waals surface area contributed by atoms with Crippen LogP contribution in [0.3, 0.4) is 0 Å². The van der Waals surface area contributed by atoms with Gasteiger partial charge in [-0.05, 0) is 94.8 Å². The van der Waals surface area contributed by atoms with Crippen molar-refractivity contribution in [2.45, 2.75) is 39.0 Å². The summed E-state index contributed by atoms with van der Waals surface area (Å²) in [5.74, 6) is 1.48. The molecule has 2 aromatic rings. The normalized spacial score (nSPS) is 21.1. The van der Waals surface area contributed by atoms with Crippen LogP contribution in [0.4, 0.5) is 5.69 Å². The summed E-state index contributed by atoms with van der Waals surface area (Å²) >= 11 is 12.3. The van der Waals surface area contributed by atoms with Crippen molar-refractivity contribution in [3.05, 3.63) is 56.1 Å². The number of fused-ring (bicyclic) bond motifs is 1. The van der Waals surface area contributed by atoms with Gasteiger partial charge in [0.25, 0.3) is 0 Å². The molecule has 176 valence electrons.